The van der Waals surface area contributed by atoms with Crippen LogP contribution < -0.4 is 4.74 Å². The van der Waals surface area contributed by atoms with Gasteiger partial charge in [0.2, 0.25) is 0 Å². The Labute approximate surface area is 99.9 Å². The summed E-state index contributed by atoms with van der Waals surface area (Å²) in [7, 11) is 0. The highest BCUT2D eigenvalue weighted by Crippen LogP contribution is 2.25. The first-order valence-electron chi connectivity index (χ1n) is 4.93. The smallest absolute Gasteiger partial charge is 0.128 e. The van der Waals surface area contributed by atoms with Crippen LogP contribution in [0.5, 0.6) is 11.5 Å². The van der Waals surface area contributed by atoms with Crippen molar-refractivity contribution < 1.29 is 4.74 Å². The maximum Gasteiger partial charge on any atom is 0.128 e. The number of halogens is 1. The van der Waals surface area contributed by atoms with Gasteiger partial charge >= 0.3 is 0 Å². The molecule has 2 aromatic rings. The van der Waals surface area contributed by atoms with Crippen LogP contribution in [0.15, 0.2) is 61.2 Å². The summed E-state index contributed by atoms with van der Waals surface area (Å²) in [6, 6.07) is 17.2. The van der Waals surface area contributed by atoms with Gasteiger partial charge in [0.1, 0.15) is 11.5 Å². The van der Waals surface area contributed by atoms with E-state index in [0.717, 1.165) is 17.1 Å². The fourth-order valence-electron chi connectivity index (χ4n) is 1.35. The van der Waals surface area contributed by atoms with E-state index >= 15 is 0 Å². The van der Waals surface area contributed by atoms with Crippen molar-refractivity contribution in [2.75, 3.05) is 0 Å². The largest absolute Gasteiger partial charge is 0.457 e. The van der Waals surface area contributed by atoms with E-state index in [0.29, 0.717) is 5.03 Å². The van der Waals surface area contributed by atoms with Crippen molar-refractivity contribution in [2.45, 2.75) is 0 Å². The highest BCUT2D eigenvalue weighted by molar-refractivity contribution is 6.48. The Morgan fingerprint density at radius 3 is 2.31 bits per heavy atom. The van der Waals surface area contributed by atoms with E-state index in [9.17, 15) is 0 Å². The SMILES string of the molecule is C=C(Cl)c1cccc(Oc2ccccc2)c1. The molecule has 0 aromatic heterocycles. The average Bonchev–Trinajstić information content (AvgIpc) is 2.30. The Hall–Kier alpha value is -1.73. The molecule has 0 heterocycles. The lowest BCUT2D eigenvalue weighted by Gasteiger charge is -2.06. The van der Waals surface area contributed by atoms with Crippen LogP contribution in [0.3, 0.4) is 0 Å². The van der Waals surface area contributed by atoms with Crippen LogP contribution in [-0.4, -0.2) is 0 Å². The van der Waals surface area contributed by atoms with Crippen LogP contribution in [0.2, 0.25) is 0 Å². The van der Waals surface area contributed by atoms with Gasteiger partial charge in [-0.15, -0.1) is 0 Å². The molecule has 0 bridgehead atoms. The zero-order chi connectivity index (χ0) is 11.4. The van der Waals surface area contributed by atoms with Gasteiger partial charge in [-0.3, -0.25) is 0 Å². The molecule has 80 valence electrons. The molecule has 0 aliphatic carbocycles. The molecule has 0 atom stereocenters. The number of ether oxygens (including phenoxy) is 1. The summed E-state index contributed by atoms with van der Waals surface area (Å²) in [6.45, 7) is 3.68. The predicted molar refractivity (Wildman–Crippen MR) is 67.8 cm³/mol. The van der Waals surface area contributed by atoms with Gasteiger partial charge in [0, 0.05) is 5.03 Å². The van der Waals surface area contributed by atoms with Crippen molar-refractivity contribution in [3.8, 4) is 11.5 Å². The fourth-order valence-corrected chi connectivity index (χ4v) is 1.47. The second kappa shape index (κ2) is 4.86. The minimum Gasteiger partial charge on any atom is -0.457 e. The highest BCUT2D eigenvalue weighted by atomic mass is 35.5. The molecule has 16 heavy (non-hydrogen) atoms. The van der Waals surface area contributed by atoms with E-state index in [1.54, 1.807) is 0 Å². The van der Waals surface area contributed by atoms with Gasteiger partial charge in [0.25, 0.3) is 0 Å². The quantitative estimate of drug-likeness (QED) is 0.743. The second-order valence-corrected chi connectivity index (χ2v) is 3.80. The van der Waals surface area contributed by atoms with E-state index in [2.05, 4.69) is 6.58 Å². The molecule has 2 rings (SSSR count). The molecular weight excluding hydrogens is 220 g/mol. The summed E-state index contributed by atoms with van der Waals surface area (Å²) in [6.07, 6.45) is 0. The lowest BCUT2D eigenvalue weighted by atomic mass is 10.2. The second-order valence-electron chi connectivity index (χ2n) is 3.35. The minimum atomic E-state index is 0.513. The molecule has 2 heteroatoms. The number of benzene rings is 2. The summed E-state index contributed by atoms with van der Waals surface area (Å²) >= 11 is 5.83. The van der Waals surface area contributed by atoms with E-state index in [1.807, 2.05) is 54.6 Å². The topological polar surface area (TPSA) is 9.23 Å². The molecule has 0 saturated heterocycles. The summed E-state index contributed by atoms with van der Waals surface area (Å²) < 4.78 is 5.67. The van der Waals surface area contributed by atoms with Crippen molar-refractivity contribution in [1.29, 1.82) is 0 Å². The van der Waals surface area contributed by atoms with Crippen molar-refractivity contribution in [1.82, 2.24) is 0 Å². The molecule has 0 radical (unpaired) electrons. The molecule has 2 aromatic carbocycles. The molecule has 0 aliphatic rings. The Kier molecular flexibility index (Phi) is 3.28. The van der Waals surface area contributed by atoms with Crippen molar-refractivity contribution in [2.24, 2.45) is 0 Å². The third kappa shape index (κ3) is 2.65. The van der Waals surface area contributed by atoms with Gasteiger partial charge in [0.05, 0.1) is 0 Å². The van der Waals surface area contributed by atoms with Gasteiger partial charge in [-0.05, 0) is 29.8 Å². The lowest BCUT2D eigenvalue weighted by molar-refractivity contribution is 0.482. The summed E-state index contributed by atoms with van der Waals surface area (Å²) in [5.41, 5.74) is 0.870. The third-order valence-corrected chi connectivity index (χ3v) is 2.34. The number of rotatable bonds is 3. The molecule has 0 amide bonds. The molecule has 0 fully saturated rings. The van der Waals surface area contributed by atoms with E-state index in [4.69, 9.17) is 16.3 Å². The van der Waals surface area contributed by atoms with Crippen molar-refractivity contribution in [3.63, 3.8) is 0 Å². The number of hydrogen-bond acceptors (Lipinski definition) is 1. The normalized spacial score (nSPS) is 9.81. The molecule has 1 nitrogen and oxygen atoms in total. The van der Waals surface area contributed by atoms with E-state index in [1.165, 1.54) is 0 Å². The first-order valence-corrected chi connectivity index (χ1v) is 5.31. The van der Waals surface area contributed by atoms with E-state index in [-0.39, 0.29) is 0 Å². The molecule has 0 aliphatic heterocycles. The highest BCUT2D eigenvalue weighted by Gasteiger charge is 1.99. The lowest BCUT2D eigenvalue weighted by Crippen LogP contribution is -1.84. The van der Waals surface area contributed by atoms with Crippen LogP contribution in [0.1, 0.15) is 5.56 Å². The monoisotopic (exact) mass is 230 g/mol. The summed E-state index contributed by atoms with van der Waals surface area (Å²) in [5.74, 6) is 1.56. The van der Waals surface area contributed by atoms with Crippen molar-refractivity contribution >= 4 is 16.6 Å². The Morgan fingerprint density at radius 1 is 0.938 bits per heavy atom. The first kappa shape index (κ1) is 10.8. The standard InChI is InChI=1S/C14H11ClO/c1-11(15)12-6-5-9-14(10-12)16-13-7-3-2-4-8-13/h2-10H,1H2. The Morgan fingerprint density at radius 2 is 1.62 bits per heavy atom. The Balaban J connectivity index is 2.22. The molecule has 0 saturated carbocycles. The van der Waals surface area contributed by atoms with Crippen LogP contribution in [0, 0.1) is 0 Å². The zero-order valence-corrected chi connectivity index (χ0v) is 9.45. The van der Waals surface area contributed by atoms with Gasteiger partial charge in [0.15, 0.2) is 0 Å². The summed E-state index contributed by atoms with van der Waals surface area (Å²) in [5, 5.41) is 0.513. The average molecular weight is 231 g/mol. The predicted octanol–water partition coefficient (Wildman–Crippen LogP) is 4.69. The first-order chi connectivity index (χ1) is 7.75. The maximum atomic E-state index is 5.83. The van der Waals surface area contributed by atoms with Crippen LogP contribution in [0.4, 0.5) is 0 Å². The molecule has 0 unspecified atom stereocenters. The van der Waals surface area contributed by atoms with Gasteiger partial charge in [-0.2, -0.15) is 0 Å². The maximum absolute atomic E-state index is 5.83. The fraction of sp³-hybridized carbons (Fsp3) is 0. The number of para-hydroxylation sites is 1. The van der Waals surface area contributed by atoms with Gasteiger partial charge in [-0.1, -0.05) is 48.5 Å². The van der Waals surface area contributed by atoms with E-state index < -0.39 is 0 Å². The van der Waals surface area contributed by atoms with Crippen LogP contribution in [0.25, 0.3) is 5.03 Å². The van der Waals surface area contributed by atoms with Crippen LogP contribution >= 0.6 is 11.6 Å². The van der Waals surface area contributed by atoms with Gasteiger partial charge < -0.3 is 4.74 Å². The molecular formula is C14H11ClO. The van der Waals surface area contributed by atoms with Gasteiger partial charge in [-0.25, -0.2) is 0 Å². The van der Waals surface area contributed by atoms with Crippen molar-refractivity contribution in [3.05, 3.63) is 66.7 Å². The summed E-state index contributed by atoms with van der Waals surface area (Å²) in [4.78, 5) is 0. The molecule has 0 spiro atoms. The molecule has 0 N–H and O–H groups in total. The van der Waals surface area contributed by atoms with Crippen LogP contribution in [-0.2, 0) is 0 Å². The third-order valence-electron chi connectivity index (χ3n) is 2.13. The number of hydrogen-bond donors (Lipinski definition) is 0. The Bertz CT molecular complexity index is 491. The minimum absolute atomic E-state index is 0.513. The zero-order valence-electron chi connectivity index (χ0n) is 8.69.